The molecule has 17 heavy (non-hydrogen) atoms. The van der Waals surface area contributed by atoms with Crippen LogP contribution in [-0.2, 0) is 19.1 Å². The quantitative estimate of drug-likeness (QED) is 0.609. The summed E-state index contributed by atoms with van der Waals surface area (Å²) in [5, 5.41) is 7.99. The maximum absolute atomic E-state index is 10.8. The molecule has 0 aromatic carbocycles. The van der Waals surface area contributed by atoms with E-state index < -0.39 is 17.9 Å². The van der Waals surface area contributed by atoms with Crippen LogP contribution in [0.1, 0.15) is 41.5 Å². The minimum absolute atomic E-state index is 0.231. The summed E-state index contributed by atoms with van der Waals surface area (Å²) >= 11 is 0. The van der Waals surface area contributed by atoms with Crippen molar-refractivity contribution in [2.45, 2.75) is 41.5 Å². The Balaban J connectivity index is 0. The van der Waals surface area contributed by atoms with E-state index in [2.05, 4.69) is 4.74 Å². The number of hydrogen-bond donors (Lipinski definition) is 1. The Kier molecular flexibility index (Phi) is 9.23. The summed E-state index contributed by atoms with van der Waals surface area (Å²) in [5.41, 5.74) is 0. The fraction of sp³-hybridized carbons (Fsp3) is 0.750. The zero-order chi connectivity index (χ0) is 14.2. The highest BCUT2D eigenvalue weighted by Crippen LogP contribution is 2.01. The first kappa shape index (κ1) is 18.0. The molecule has 0 aliphatic heterocycles. The Bertz CT molecular complexity index is 248. The summed E-state index contributed by atoms with van der Waals surface area (Å²) in [6.45, 7) is 10.0. The number of carbonyl (C=O) groups excluding carboxylic acids is 2. The van der Waals surface area contributed by atoms with Gasteiger partial charge in [-0.3, -0.25) is 14.4 Å². The van der Waals surface area contributed by atoms with E-state index in [1.165, 1.54) is 0 Å². The van der Waals surface area contributed by atoms with E-state index in [1.54, 1.807) is 41.5 Å². The summed E-state index contributed by atoms with van der Waals surface area (Å²) in [6, 6.07) is 0. The first-order chi connectivity index (χ1) is 7.59. The van der Waals surface area contributed by atoms with Crippen molar-refractivity contribution in [2.24, 2.45) is 17.8 Å². The number of hydrogen-bond acceptors (Lipinski definition) is 4. The molecule has 0 atom stereocenters. The molecule has 5 nitrogen and oxygen atoms in total. The lowest BCUT2D eigenvalue weighted by molar-refractivity contribution is -0.164. The molecule has 0 unspecified atom stereocenters. The molecule has 100 valence electrons. The molecular formula is C12H22O5. The van der Waals surface area contributed by atoms with Crippen LogP contribution in [0, 0.1) is 17.8 Å². The van der Waals surface area contributed by atoms with E-state index in [9.17, 15) is 14.4 Å². The third-order valence-corrected chi connectivity index (χ3v) is 1.64. The average molecular weight is 246 g/mol. The van der Waals surface area contributed by atoms with Crippen molar-refractivity contribution in [2.75, 3.05) is 0 Å². The topological polar surface area (TPSA) is 80.7 Å². The van der Waals surface area contributed by atoms with Gasteiger partial charge >= 0.3 is 17.9 Å². The van der Waals surface area contributed by atoms with E-state index in [1.807, 2.05) is 0 Å². The zero-order valence-corrected chi connectivity index (χ0v) is 11.3. The third kappa shape index (κ3) is 10.9. The lowest BCUT2D eigenvalue weighted by Gasteiger charge is -2.06. The molecule has 0 radical (unpaired) electrons. The van der Waals surface area contributed by atoms with E-state index in [4.69, 9.17) is 5.11 Å². The lowest BCUT2D eigenvalue weighted by Crippen LogP contribution is -2.20. The van der Waals surface area contributed by atoms with Gasteiger partial charge in [0.05, 0.1) is 17.8 Å². The predicted octanol–water partition coefficient (Wildman–Crippen LogP) is 2.10. The predicted molar refractivity (Wildman–Crippen MR) is 63.2 cm³/mol. The number of aliphatic carboxylic acids is 1. The minimum Gasteiger partial charge on any atom is -0.481 e. The molecule has 0 amide bonds. The van der Waals surface area contributed by atoms with Crippen LogP contribution in [0.15, 0.2) is 0 Å². The summed E-state index contributed by atoms with van der Waals surface area (Å²) in [4.78, 5) is 31.3. The second kappa shape index (κ2) is 8.73. The van der Waals surface area contributed by atoms with Crippen LogP contribution in [0.4, 0.5) is 0 Å². The van der Waals surface area contributed by atoms with Gasteiger partial charge in [-0.15, -0.1) is 0 Å². The molecule has 0 bridgehead atoms. The smallest absolute Gasteiger partial charge is 0.316 e. The highest BCUT2D eigenvalue weighted by molar-refractivity contribution is 5.87. The number of carbonyl (C=O) groups is 3. The summed E-state index contributed by atoms with van der Waals surface area (Å²) in [6.07, 6.45) is 0. The fourth-order valence-corrected chi connectivity index (χ4v) is 0.335. The Hall–Kier alpha value is -1.39. The van der Waals surface area contributed by atoms with Crippen LogP contribution in [0.5, 0.6) is 0 Å². The van der Waals surface area contributed by atoms with Crippen molar-refractivity contribution in [1.29, 1.82) is 0 Å². The largest absolute Gasteiger partial charge is 0.481 e. The molecule has 0 spiro atoms. The Labute approximate surface area is 102 Å². The van der Waals surface area contributed by atoms with E-state index in [-0.39, 0.29) is 17.8 Å². The van der Waals surface area contributed by atoms with Gasteiger partial charge in [0.2, 0.25) is 0 Å². The van der Waals surface area contributed by atoms with Gasteiger partial charge in [-0.1, -0.05) is 41.5 Å². The van der Waals surface area contributed by atoms with Gasteiger partial charge in [-0.2, -0.15) is 0 Å². The normalized spacial score (nSPS) is 9.94. The molecule has 0 aromatic heterocycles. The van der Waals surface area contributed by atoms with Crippen molar-refractivity contribution in [3.05, 3.63) is 0 Å². The van der Waals surface area contributed by atoms with Crippen LogP contribution in [0.25, 0.3) is 0 Å². The van der Waals surface area contributed by atoms with Gasteiger partial charge < -0.3 is 9.84 Å². The number of carboxylic acid groups (broad SMARTS) is 1. The highest BCUT2D eigenvalue weighted by Gasteiger charge is 2.16. The number of ether oxygens (including phenoxy) is 1. The molecule has 1 N–H and O–H groups in total. The van der Waals surface area contributed by atoms with Gasteiger partial charge in [0, 0.05) is 0 Å². The van der Waals surface area contributed by atoms with Gasteiger partial charge in [0.15, 0.2) is 0 Å². The van der Waals surface area contributed by atoms with E-state index in [0.717, 1.165) is 0 Å². The molecule has 0 fully saturated rings. The summed E-state index contributed by atoms with van der Waals surface area (Å²) < 4.78 is 4.50. The molecule has 0 aliphatic rings. The number of rotatable bonds is 3. The van der Waals surface area contributed by atoms with Crippen LogP contribution < -0.4 is 0 Å². The molecule has 0 saturated heterocycles. The van der Waals surface area contributed by atoms with Crippen molar-refractivity contribution in [1.82, 2.24) is 0 Å². The van der Waals surface area contributed by atoms with E-state index in [0.29, 0.717) is 0 Å². The second-order valence-electron chi connectivity index (χ2n) is 4.54. The van der Waals surface area contributed by atoms with Gasteiger partial charge in [-0.05, 0) is 0 Å². The molecule has 0 aromatic rings. The molecular weight excluding hydrogens is 224 g/mol. The number of esters is 2. The summed E-state index contributed by atoms with van der Waals surface area (Å²) in [7, 11) is 0. The summed E-state index contributed by atoms with van der Waals surface area (Å²) in [5.74, 6) is -2.36. The first-order valence-corrected chi connectivity index (χ1v) is 5.57. The fourth-order valence-electron chi connectivity index (χ4n) is 0.335. The molecule has 5 heteroatoms. The van der Waals surface area contributed by atoms with Crippen LogP contribution in [-0.4, -0.2) is 23.0 Å². The first-order valence-electron chi connectivity index (χ1n) is 5.57. The minimum atomic E-state index is -0.741. The maximum Gasteiger partial charge on any atom is 0.316 e. The zero-order valence-electron chi connectivity index (χ0n) is 11.3. The van der Waals surface area contributed by atoms with Gasteiger partial charge in [-0.25, -0.2) is 0 Å². The Morgan fingerprint density at radius 3 is 1.12 bits per heavy atom. The average Bonchev–Trinajstić information content (AvgIpc) is 2.17. The maximum atomic E-state index is 10.8. The van der Waals surface area contributed by atoms with Crippen LogP contribution >= 0.6 is 0 Å². The lowest BCUT2D eigenvalue weighted by atomic mass is 10.2. The Morgan fingerprint density at radius 1 is 0.765 bits per heavy atom. The monoisotopic (exact) mass is 246 g/mol. The number of carboxylic acids is 1. The van der Waals surface area contributed by atoms with Crippen LogP contribution in [0.3, 0.4) is 0 Å². The highest BCUT2D eigenvalue weighted by atomic mass is 16.6. The molecule has 0 saturated carbocycles. The van der Waals surface area contributed by atoms with Crippen molar-refractivity contribution in [3.8, 4) is 0 Å². The van der Waals surface area contributed by atoms with Crippen molar-refractivity contribution in [3.63, 3.8) is 0 Å². The molecule has 0 rings (SSSR count). The van der Waals surface area contributed by atoms with Gasteiger partial charge in [0.25, 0.3) is 0 Å². The Morgan fingerprint density at radius 2 is 1.00 bits per heavy atom. The SMILES string of the molecule is CC(C)C(=O)O.CC(C)C(=O)OC(=O)C(C)C. The van der Waals surface area contributed by atoms with Crippen molar-refractivity contribution < 1.29 is 24.2 Å². The second-order valence-corrected chi connectivity index (χ2v) is 4.54. The third-order valence-electron chi connectivity index (χ3n) is 1.64. The van der Waals surface area contributed by atoms with E-state index >= 15 is 0 Å². The van der Waals surface area contributed by atoms with Crippen molar-refractivity contribution >= 4 is 17.9 Å². The van der Waals surface area contributed by atoms with Gasteiger partial charge in [0.1, 0.15) is 0 Å². The molecule has 0 heterocycles. The molecule has 0 aliphatic carbocycles. The standard InChI is InChI=1S/C8H14O3.C4H8O2/c1-5(2)7(9)11-8(10)6(3)4;1-3(2)4(5)6/h5-6H,1-4H3;3H,1-2H3,(H,5,6). The van der Waals surface area contributed by atoms with Crippen LogP contribution in [0.2, 0.25) is 0 Å².